The van der Waals surface area contributed by atoms with Gasteiger partial charge in [0.05, 0.1) is 11.4 Å². The van der Waals surface area contributed by atoms with Crippen molar-refractivity contribution in [2.24, 2.45) is 0 Å². The minimum absolute atomic E-state index is 0.119. The first-order chi connectivity index (χ1) is 6.83. The maximum atomic E-state index is 11.5. The first-order valence-electron chi connectivity index (χ1n) is 4.65. The second kappa shape index (κ2) is 4.00. The molecule has 0 aliphatic carbocycles. The van der Waals surface area contributed by atoms with Crippen LogP contribution in [-0.4, -0.2) is 28.1 Å². The van der Waals surface area contributed by atoms with E-state index >= 15 is 0 Å². The summed E-state index contributed by atoms with van der Waals surface area (Å²) in [7, 11) is 0. The Kier molecular flexibility index (Phi) is 2.72. The van der Waals surface area contributed by atoms with Crippen LogP contribution in [0.5, 0.6) is 0 Å². The molecular weight excluding hydrogens is 196 g/mol. The van der Waals surface area contributed by atoms with Gasteiger partial charge in [0.1, 0.15) is 5.37 Å². The molecule has 1 saturated heterocycles. The topological polar surface area (TPSA) is 33.2 Å². The van der Waals surface area contributed by atoms with Crippen molar-refractivity contribution in [3.63, 3.8) is 0 Å². The second-order valence-corrected chi connectivity index (χ2v) is 4.17. The summed E-state index contributed by atoms with van der Waals surface area (Å²) in [5, 5.41) is 0.119. The molecular formula is C10H12N2OS. The Labute approximate surface area is 87.5 Å². The number of carbonyl (C=O) groups excluding carboxylic acids is 1. The molecule has 1 aliphatic rings. The highest BCUT2D eigenvalue weighted by atomic mass is 32.2. The van der Waals surface area contributed by atoms with Crippen LogP contribution >= 0.6 is 11.8 Å². The summed E-state index contributed by atoms with van der Waals surface area (Å²) in [6, 6.07) is 5.82. The number of hydrogen-bond acceptors (Lipinski definition) is 3. The van der Waals surface area contributed by atoms with Crippen molar-refractivity contribution in [2.75, 3.05) is 12.3 Å². The summed E-state index contributed by atoms with van der Waals surface area (Å²) < 4.78 is 0. The van der Waals surface area contributed by atoms with Crippen LogP contribution in [0.3, 0.4) is 0 Å². The number of pyridine rings is 1. The van der Waals surface area contributed by atoms with Crippen molar-refractivity contribution >= 4 is 17.7 Å². The first kappa shape index (κ1) is 9.52. The summed E-state index contributed by atoms with van der Waals surface area (Å²) in [5.74, 6) is 0.794. The zero-order valence-electron chi connectivity index (χ0n) is 8.01. The Morgan fingerprint density at radius 2 is 2.50 bits per heavy atom. The number of nitrogens with zero attached hydrogens (tertiary/aromatic N) is 2. The zero-order valence-corrected chi connectivity index (χ0v) is 8.83. The van der Waals surface area contributed by atoms with Crippen LogP contribution in [0.2, 0.25) is 0 Å². The van der Waals surface area contributed by atoms with Crippen molar-refractivity contribution < 1.29 is 4.79 Å². The van der Waals surface area contributed by atoms with Gasteiger partial charge in [0.2, 0.25) is 5.91 Å². The van der Waals surface area contributed by atoms with Gasteiger partial charge < -0.3 is 4.90 Å². The molecule has 0 bridgehead atoms. The molecule has 1 unspecified atom stereocenters. The molecule has 2 heterocycles. The van der Waals surface area contributed by atoms with Gasteiger partial charge in [-0.3, -0.25) is 9.78 Å². The van der Waals surface area contributed by atoms with E-state index in [2.05, 4.69) is 4.98 Å². The van der Waals surface area contributed by atoms with Crippen LogP contribution in [0.25, 0.3) is 0 Å². The van der Waals surface area contributed by atoms with Crippen LogP contribution in [-0.2, 0) is 4.79 Å². The molecule has 4 heteroatoms. The van der Waals surface area contributed by atoms with Gasteiger partial charge in [0.25, 0.3) is 0 Å². The summed E-state index contributed by atoms with van der Waals surface area (Å²) >= 11 is 1.65. The standard InChI is InChI=1S/C10H12N2OS/c1-2-12-9(13)7-14-10(12)8-5-3-4-6-11-8/h3-6,10H,2,7H2,1H3. The van der Waals surface area contributed by atoms with Crippen LogP contribution < -0.4 is 0 Å². The van der Waals surface area contributed by atoms with Gasteiger partial charge in [-0.15, -0.1) is 11.8 Å². The van der Waals surface area contributed by atoms with E-state index in [1.807, 2.05) is 30.0 Å². The normalized spacial score (nSPS) is 21.6. The quantitative estimate of drug-likeness (QED) is 0.741. The predicted octanol–water partition coefficient (Wildman–Crippen LogP) is 1.68. The average Bonchev–Trinajstić information content (AvgIpc) is 2.61. The summed E-state index contributed by atoms with van der Waals surface area (Å²) in [4.78, 5) is 17.6. The molecule has 2 rings (SSSR count). The SMILES string of the molecule is CCN1C(=O)CSC1c1ccccn1. The van der Waals surface area contributed by atoms with E-state index in [9.17, 15) is 4.79 Å². The molecule has 14 heavy (non-hydrogen) atoms. The van der Waals surface area contributed by atoms with Crippen molar-refractivity contribution in [1.82, 2.24) is 9.88 Å². The molecule has 0 saturated carbocycles. The van der Waals surface area contributed by atoms with E-state index in [1.54, 1.807) is 18.0 Å². The van der Waals surface area contributed by atoms with Crippen LogP contribution in [0, 0.1) is 0 Å². The van der Waals surface area contributed by atoms with Crippen molar-refractivity contribution in [3.8, 4) is 0 Å². The molecule has 1 fully saturated rings. The van der Waals surface area contributed by atoms with Gasteiger partial charge in [-0.1, -0.05) is 6.07 Å². The Bertz CT molecular complexity index is 328. The van der Waals surface area contributed by atoms with Gasteiger partial charge in [-0.25, -0.2) is 0 Å². The molecule has 1 amide bonds. The van der Waals surface area contributed by atoms with Gasteiger partial charge in [-0.05, 0) is 19.1 Å². The van der Waals surface area contributed by atoms with Gasteiger partial charge >= 0.3 is 0 Å². The fourth-order valence-corrected chi connectivity index (χ4v) is 2.79. The van der Waals surface area contributed by atoms with Gasteiger partial charge in [0, 0.05) is 12.7 Å². The smallest absolute Gasteiger partial charge is 0.233 e. The van der Waals surface area contributed by atoms with Gasteiger partial charge in [-0.2, -0.15) is 0 Å². The number of amides is 1. The lowest BCUT2D eigenvalue weighted by Gasteiger charge is -2.21. The van der Waals surface area contributed by atoms with E-state index in [1.165, 1.54) is 0 Å². The van der Waals surface area contributed by atoms with E-state index in [4.69, 9.17) is 0 Å². The molecule has 1 aliphatic heterocycles. The third-order valence-electron chi connectivity index (χ3n) is 2.25. The monoisotopic (exact) mass is 208 g/mol. The van der Waals surface area contributed by atoms with E-state index in [0.29, 0.717) is 5.75 Å². The largest absolute Gasteiger partial charge is 0.325 e. The number of aromatic nitrogens is 1. The number of thioether (sulfide) groups is 1. The molecule has 3 nitrogen and oxygen atoms in total. The number of hydrogen-bond donors (Lipinski definition) is 0. The van der Waals surface area contributed by atoms with Crippen LogP contribution in [0.1, 0.15) is 18.0 Å². The van der Waals surface area contributed by atoms with Crippen LogP contribution in [0.15, 0.2) is 24.4 Å². The minimum atomic E-state index is 0.119. The van der Waals surface area contributed by atoms with E-state index < -0.39 is 0 Å². The Balaban J connectivity index is 2.23. The fraction of sp³-hybridized carbons (Fsp3) is 0.400. The van der Waals surface area contributed by atoms with Crippen molar-refractivity contribution in [3.05, 3.63) is 30.1 Å². The predicted molar refractivity (Wildman–Crippen MR) is 56.8 cm³/mol. The highest BCUT2D eigenvalue weighted by molar-refractivity contribution is 8.00. The third-order valence-corrected chi connectivity index (χ3v) is 3.47. The zero-order chi connectivity index (χ0) is 9.97. The lowest BCUT2D eigenvalue weighted by molar-refractivity contribution is -0.127. The third kappa shape index (κ3) is 1.62. The maximum absolute atomic E-state index is 11.5. The second-order valence-electron chi connectivity index (χ2n) is 3.10. The van der Waals surface area contributed by atoms with E-state index in [0.717, 1.165) is 12.2 Å². The highest BCUT2D eigenvalue weighted by Crippen LogP contribution is 2.36. The molecule has 0 spiro atoms. The maximum Gasteiger partial charge on any atom is 0.233 e. The Hall–Kier alpha value is -1.03. The number of rotatable bonds is 2. The summed E-state index contributed by atoms with van der Waals surface area (Å²) in [5.41, 5.74) is 0.977. The van der Waals surface area contributed by atoms with Crippen molar-refractivity contribution in [1.29, 1.82) is 0 Å². The first-order valence-corrected chi connectivity index (χ1v) is 5.70. The molecule has 0 N–H and O–H groups in total. The summed E-state index contributed by atoms with van der Waals surface area (Å²) in [6.45, 7) is 2.76. The minimum Gasteiger partial charge on any atom is -0.325 e. The molecule has 1 aromatic heterocycles. The lowest BCUT2D eigenvalue weighted by Crippen LogP contribution is -2.28. The molecule has 1 atom stereocenters. The van der Waals surface area contributed by atoms with E-state index in [-0.39, 0.29) is 11.3 Å². The molecule has 74 valence electrons. The number of carbonyl (C=O) groups is 1. The fourth-order valence-electron chi connectivity index (χ4n) is 1.56. The highest BCUT2D eigenvalue weighted by Gasteiger charge is 2.31. The Morgan fingerprint density at radius 3 is 3.14 bits per heavy atom. The van der Waals surface area contributed by atoms with Gasteiger partial charge in [0.15, 0.2) is 0 Å². The molecule has 0 aromatic carbocycles. The van der Waals surface area contributed by atoms with Crippen molar-refractivity contribution in [2.45, 2.75) is 12.3 Å². The molecule has 0 radical (unpaired) electrons. The average molecular weight is 208 g/mol. The Morgan fingerprint density at radius 1 is 1.64 bits per heavy atom. The van der Waals surface area contributed by atoms with Crippen LogP contribution in [0.4, 0.5) is 0 Å². The molecule has 1 aromatic rings. The lowest BCUT2D eigenvalue weighted by atomic mass is 10.3. The summed E-state index contributed by atoms with van der Waals surface area (Å²) in [6.07, 6.45) is 1.77.